The van der Waals surface area contributed by atoms with Crippen LogP contribution in [0.4, 0.5) is 52.7 Å². The monoisotopic (exact) mass is 438 g/mol. The Morgan fingerprint density at radius 2 is 1.11 bits per heavy atom. The second-order valence-electron chi connectivity index (χ2n) is 5.81. The van der Waals surface area contributed by atoms with Gasteiger partial charge in [0, 0.05) is 0 Å². The highest BCUT2D eigenvalue weighted by atomic mass is 19.4. The largest absolute Gasteiger partial charge is 0.430 e. The minimum Gasteiger partial charge on any atom is -0.370 e. The van der Waals surface area contributed by atoms with Crippen molar-refractivity contribution in [3.8, 4) is 0 Å². The predicted molar refractivity (Wildman–Crippen MR) is 68.6 cm³/mol. The highest BCUT2D eigenvalue weighted by Crippen LogP contribution is 2.54. The van der Waals surface area contributed by atoms with E-state index in [0.29, 0.717) is 6.08 Å². The molecule has 2 nitrogen and oxygen atoms in total. The predicted octanol–water partition coefficient (Wildman–Crippen LogP) is 4.76. The van der Waals surface area contributed by atoms with E-state index in [2.05, 4.69) is 6.58 Å². The summed E-state index contributed by atoms with van der Waals surface area (Å²) in [4.78, 5) is 0. The van der Waals surface area contributed by atoms with Gasteiger partial charge in [-0.05, 0) is 23.5 Å². The van der Waals surface area contributed by atoms with Crippen LogP contribution in [0.1, 0.15) is 6.42 Å². The van der Waals surface area contributed by atoms with Gasteiger partial charge in [-0.25, -0.2) is 0 Å². The molecule has 0 aromatic carbocycles. The van der Waals surface area contributed by atoms with Crippen LogP contribution in [0.5, 0.6) is 0 Å². The number of hydrogen-bond acceptors (Lipinski definition) is 2. The Kier molecular flexibility index (Phi) is 5.80. The van der Waals surface area contributed by atoms with Crippen LogP contribution in [0.15, 0.2) is 36.0 Å². The van der Waals surface area contributed by atoms with E-state index in [9.17, 15) is 62.9 Å². The van der Waals surface area contributed by atoms with Crippen molar-refractivity contribution in [2.45, 2.75) is 42.3 Å². The number of halogens is 12. The maximum absolute atomic E-state index is 12.9. The second kappa shape index (κ2) is 6.68. The van der Waals surface area contributed by atoms with E-state index in [0.717, 1.165) is 0 Å². The van der Waals surface area contributed by atoms with Crippen LogP contribution in [0, 0.1) is 5.92 Å². The first-order valence-corrected chi connectivity index (χ1v) is 6.92. The highest BCUT2D eigenvalue weighted by molar-refractivity contribution is 5.44. The van der Waals surface area contributed by atoms with Crippen LogP contribution in [0.3, 0.4) is 0 Å². The number of rotatable bonds is 3. The summed E-state index contributed by atoms with van der Waals surface area (Å²) in [5.41, 5.74) is -16.2. The molecule has 28 heavy (non-hydrogen) atoms. The van der Waals surface area contributed by atoms with E-state index in [1.54, 1.807) is 0 Å². The van der Waals surface area contributed by atoms with Crippen molar-refractivity contribution in [3.63, 3.8) is 0 Å². The number of allylic oxidation sites excluding steroid dienone is 2. The molecular formula is C14H10F12O2. The summed E-state index contributed by atoms with van der Waals surface area (Å²) >= 11 is 0. The van der Waals surface area contributed by atoms with Crippen LogP contribution in [-0.2, 0) is 0 Å². The maximum atomic E-state index is 12.9. The van der Waals surface area contributed by atoms with Crippen LogP contribution in [0.25, 0.3) is 0 Å². The summed E-state index contributed by atoms with van der Waals surface area (Å²) in [6, 6.07) is 0. The molecule has 1 atom stereocenters. The zero-order chi connectivity index (χ0) is 22.6. The molecule has 0 spiro atoms. The molecule has 0 radical (unpaired) electrons. The van der Waals surface area contributed by atoms with Crippen molar-refractivity contribution in [1.29, 1.82) is 0 Å². The lowest BCUT2D eigenvalue weighted by atomic mass is 9.76. The Labute approximate surface area is 148 Å². The fourth-order valence-corrected chi connectivity index (χ4v) is 2.48. The molecular weight excluding hydrogens is 428 g/mol. The van der Waals surface area contributed by atoms with E-state index in [4.69, 9.17) is 0 Å². The van der Waals surface area contributed by atoms with Crippen molar-refractivity contribution in [1.82, 2.24) is 0 Å². The van der Waals surface area contributed by atoms with Crippen molar-refractivity contribution in [2.24, 2.45) is 5.92 Å². The van der Waals surface area contributed by atoms with Crippen LogP contribution < -0.4 is 0 Å². The van der Waals surface area contributed by atoms with Gasteiger partial charge in [-0.2, -0.15) is 52.7 Å². The Bertz CT molecular complexity index is 646. The average Bonchev–Trinajstić information content (AvgIpc) is 2.48. The maximum Gasteiger partial charge on any atom is 0.430 e. The van der Waals surface area contributed by atoms with Crippen LogP contribution >= 0.6 is 0 Å². The van der Waals surface area contributed by atoms with Crippen molar-refractivity contribution in [3.05, 3.63) is 36.0 Å². The van der Waals surface area contributed by atoms with Gasteiger partial charge in [-0.15, -0.1) is 6.58 Å². The minimum absolute atomic E-state index is 0.0232. The van der Waals surface area contributed by atoms with Crippen LogP contribution in [-0.4, -0.2) is 46.1 Å². The SMILES string of the molecule is C=CC1C=C(C(O)(C(F)(F)F)C(F)(F)F)C=C(C(O)(C(F)(F)F)C(F)(F)F)C1. The van der Waals surface area contributed by atoms with Gasteiger partial charge in [-0.1, -0.05) is 18.2 Å². The summed E-state index contributed by atoms with van der Waals surface area (Å²) < 4.78 is 155. The quantitative estimate of drug-likeness (QED) is 0.493. The third kappa shape index (κ3) is 3.63. The second-order valence-corrected chi connectivity index (χ2v) is 5.81. The molecule has 14 heteroatoms. The molecule has 162 valence electrons. The molecule has 2 N–H and O–H groups in total. The molecule has 0 aromatic rings. The first kappa shape index (κ1) is 24.3. The number of hydrogen-bond donors (Lipinski definition) is 2. The fourth-order valence-electron chi connectivity index (χ4n) is 2.48. The lowest BCUT2D eigenvalue weighted by Crippen LogP contribution is -2.60. The summed E-state index contributed by atoms with van der Waals surface area (Å²) in [7, 11) is 0. The van der Waals surface area contributed by atoms with E-state index in [1.165, 1.54) is 0 Å². The third-order valence-electron chi connectivity index (χ3n) is 4.01. The molecule has 0 heterocycles. The van der Waals surface area contributed by atoms with Gasteiger partial charge >= 0.3 is 24.7 Å². The van der Waals surface area contributed by atoms with E-state index in [-0.39, 0.29) is 6.08 Å². The minimum atomic E-state index is -6.56. The average molecular weight is 438 g/mol. The normalized spacial score (nSPS) is 20.6. The van der Waals surface area contributed by atoms with Crippen molar-refractivity contribution in [2.75, 3.05) is 0 Å². The summed E-state index contributed by atoms with van der Waals surface area (Å²) in [5, 5.41) is 18.6. The highest BCUT2D eigenvalue weighted by Gasteiger charge is 2.75. The zero-order valence-electron chi connectivity index (χ0n) is 13.2. The summed E-state index contributed by atoms with van der Waals surface area (Å²) in [6.07, 6.45) is -28.0. The molecule has 1 unspecified atom stereocenters. The number of aliphatic hydroxyl groups is 2. The molecule has 0 aromatic heterocycles. The Hall–Kier alpha value is -1.70. The smallest absolute Gasteiger partial charge is 0.370 e. The van der Waals surface area contributed by atoms with E-state index < -0.39 is 65.5 Å². The Balaban J connectivity index is 3.86. The van der Waals surface area contributed by atoms with E-state index >= 15 is 0 Å². The zero-order valence-corrected chi connectivity index (χ0v) is 13.2. The van der Waals surface area contributed by atoms with Gasteiger partial charge in [0.25, 0.3) is 11.2 Å². The molecule has 0 amide bonds. The summed E-state index contributed by atoms with van der Waals surface area (Å²) in [6.45, 7) is 2.91. The third-order valence-corrected chi connectivity index (χ3v) is 4.01. The molecule has 1 rings (SSSR count). The molecule has 0 bridgehead atoms. The van der Waals surface area contributed by atoms with E-state index in [1.807, 2.05) is 0 Å². The first-order valence-electron chi connectivity index (χ1n) is 6.92. The van der Waals surface area contributed by atoms with Gasteiger partial charge in [-0.3, -0.25) is 0 Å². The first-order chi connectivity index (χ1) is 12.1. The van der Waals surface area contributed by atoms with Crippen molar-refractivity contribution < 1.29 is 62.9 Å². The van der Waals surface area contributed by atoms with Gasteiger partial charge in [0.05, 0.1) is 0 Å². The topological polar surface area (TPSA) is 40.5 Å². The van der Waals surface area contributed by atoms with Crippen LogP contribution in [0.2, 0.25) is 0 Å². The Morgan fingerprint density at radius 3 is 1.39 bits per heavy atom. The fraction of sp³-hybridized carbons (Fsp3) is 0.571. The molecule has 0 fully saturated rings. The van der Waals surface area contributed by atoms with Gasteiger partial charge < -0.3 is 10.2 Å². The lowest BCUT2D eigenvalue weighted by molar-refractivity contribution is -0.354. The standard InChI is InChI=1S/C14H10F12O2/c1-2-6-3-7(9(27,11(15,16)17)12(18,19)20)5-8(4-6)10(28,13(21,22)23)14(24,25)26/h2-3,5-6,27-28H,1,4H2. The van der Waals surface area contributed by atoms with Gasteiger partial charge in [0.2, 0.25) is 0 Å². The molecule has 1 aliphatic carbocycles. The molecule has 1 aliphatic rings. The van der Waals surface area contributed by atoms with Crippen molar-refractivity contribution >= 4 is 0 Å². The Morgan fingerprint density at radius 1 is 0.750 bits per heavy atom. The molecule has 0 saturated heterocycles. The number of alkyl halides is 12. The summed E-state index contributed by atoms with van der Waals surface area (Å²) in [5.74, 6) is -1.91. The molecule has 0 saturated carbocycles. The van der Waals surface area contributed by atoms with Gasteiger partial charge in [0.1, 0.15) is 0 Å². The van der Waals surface area contributed by atoms with Gasteiger partial charge in [0.15, 0.2) is 0 Å². The lowest BCUT2D eigenvalue weighted by Gasteiger charge is -2.40. The molecule has 0 aliphatic heterocycles.